The molecule has 2 saturated heterocycles. The van der Waals surface area contributed by atoms with Gasteiger partial charge in [-0.25, -0.2) is 4.79 Å². The van der Waals surface area contributed by atoms with E-state index in [2.05, 4.69) is 4.90 Å². The Kier molecular flexibility index (Phi) is 6.28. The molecule has 7 nitrogen and oxygen atoms in total. The lowest BCUT2D eigenvalue weighted by molar-refractivity contribution is 0.104. The van der Waals surface area contributed by atoms with Crippen LogP contribution in [-0.4, -0.2) is 65.1 Å². The lowest BCUT2D eigenvalue weighted by atomic mass is 10.0. The van der Waals surface area contributed by atoms with Crippen LogP contribution in [0.25, 0.3) is 22.1 Å². The molecule has 0 radical (unpaired) electrons. The summed E-state index contributed by atoms with van der Waals surface area (Å²) in [7, 11) is 0. The molecule has 1 N–H and O–H groups in total. The Morgan fingerprint density at radius 1 is 0.912 bits per heavy atom. The molecule has 2 aliphatic heterocycles. The van der Waals surface area contributed by atoms with Gasteiger partial charge in [-0.15, -0.1) is 0 Å². The van der Waals surface area contributed by atoms with Gasteiger partial charge in [-0.2, -0.15) is 0 Å². The number of hydrogen-bond acceptors (Lipinski definition) is 5. The Morgan fingerprint density at radius 2 is 1.59 bits per heavy atom. The van der Waals surface area contributed by atoms with Gasteiger partial charge in [-0.1, -0.05) is 30.3 Å². The van der Waals surface area contributed by atoms with Crippen molar-refractivity contribution in [2.75, 3.05) is 39.3 Å². The molecule has 7 heteroatoms. The number of likely N-dealkylation sites (tertiary alicyclic amines) is 1. The minimum atomic E-state index is -0.0943. The monoisotopic (exact) mass is 461 g/mol. The van der Waals surface area contributed by atoms with Crippen LogP contribution < -0.4 is 5.43 Å². The third kappa shape index (κ3) is 4.28. The van der Waals surface area contributed by atoms with E-state index in [0.717, 1.165) is 31.5 Å². The molecule has 2 aliphatic rings. The van der Waals surface area contributed by atoms with Crippen LogP contribution in [0.2, 0.25) is 0 Å². The minimum Gasteiger partial charge on any atom is -0.507 e. The molecule has 0 unspecified atom stereocenters. The van der Waals surface area contributed by atoms with E-state index < -0.39 is 0 Å². The molecule has 0 bridgehead atoms. The normalized spacial score (nSPS) is 17.3. The largest absolute Gasteiger partial charge is 0.507 e. The number of urea groups is 1. The molecule has 3 aromatic rings. The number of fused-ring (bicyclic) bond motifs is 1. The van der Waals surface area contributed by atoms with Crippen LogP contribution in [0.3, 0.4) is 0 Å². The summed E-state index contributed by atoms with van der Waals surface area (Å²) in [4.78, 5) is 32.3. The standard InChI is InChI=1S/C27H31N3O4/c1-19-24(20-8-4-2-5-9-20)25(32)21-10-11-23(31)22(26(21)34-19)18-28-14-16-30(17-15-28)27(33)29-12-6-3-7-13-29/h2,4-5,8-11,31H,3,6-7,12-18H2,1H3. The van der Waals surface area contributed by atoms with E-state index in [1.54, 1.807) is 19.1 Å². The summed E-state index contributed by atoms with van der Waals surface area (Å²) in [6, 6.07) is 12.9. The van der Waals surface area contributed by atoms with Crippen LogP contribution in [-0.2, 0) is 6.54 Å². The van der Waals surface area contributed by atoms with Crippen molar-refractivity contribution in [3.8, 4) is 16.9 Å². The highest BCUT2D eigenvalue weighted by atomic mass is 16.3. The lowest BCUT2D eigenvalue weighted by Crippen LogP contribution is -2.53. The second kappa shape index (κ2) is 9.50. The highest BCUT2D eigenvalue weighted by Gasteiger charge is 2.27. The number of phenolic OH excluding ortho intramolecular Hbond substituents is 1. The Morgan fingerprint density at radius 3 is 2.29 bits per heavy atom. The van der Waals surface area contributed by atoms with Gasteiger partial charge < -0.3 is 19.3 Å². The number of carbonyl (C=O) groups excluding carboxylic acids is 1. The number of benzene rings is 2. The van der Waals surface area contributed by atoms with Gasteiger partial charge in [-0.05, 0) is 43.9 Å². The second-order valence-corrected chi connectivity index (χ2v) is 9.26. The van der Waals surface area contributed by atoms with Gasteiger partial charge >= 0.3 is 6.03 Å². The van der Waals surface area contributed by atoms with Crippen molar-refractivity contribution >= 4 is 17.0 Å². The predicted octanol–water partition coefficient (Wildman–Crippen LogP) is 4.20. The van der Waals surface area contributed by atoms with E-state index in [4.69, 9.17) is 4.42 Å². The number of aryl methyl sites for hydroxylation is 1. The van der Waals surface area contributed by atoms with Gasteiger partial charge in [0.2, 0.25) is 5.43 Å². The average Bonchev–Trinajstić information content (AvgIpc) is 2.87. The maximum absolute atomic E-state index is 13.4. The van der Waals surface area contributed by atoms with Crippen molar-refractivity contribution in [3.63, 3.8) is 0 Å². The molecule has 0 saturated carbocycles. The van der Waals surface area contributed by atoms with E-state index in [9.17, 15) is 14.7 Å². The van der Waals surface area contributed by atoms with Crippen LogP contribution in [0.1, 0.15) is 30.6 Å². The van der Waals surface area contributed by atoms with Gasteiger partial charge in [0.1, 0.15) is 17.1 Å². The Hall–Kier alpha value is -3.32. The Balaban J connectivity index is 1.37. The number of phenols is 1. The summed E-state index contributed by atoms with van der Waals surface area (Å²) in [6.45, 7) is 6.69. The molecule has 2 aromatic carbocycles. The Labute approximate surface area is 199 Å². The summed E-state index contributed by atoms with van der Waals surface area (Å²) in [5, 5.41) is 11.1. The zero-order valence-corrected chi connectivity index (χ0v) is 19.6. The van der Waals surface area contributed by atoms with Gasteiger partial charge in [0.15, 0.2) is 0 Å². The molecule has 3 heterocycles. The molecule has 0 spiro atoms. The predicted molar refractivity (Wildman–Crippen MR) is 132 cm³/mol. The summed E-state index contributed by atoms with van der Waals surface area (Å²) in [5.41, 5.74) is 2.33. The van der Waals surface area contributed by atoms with E-state index in [1.165, 1.54) is 6.42 Å². The van der Waals surface area contributed by atoms with Crippen molar-refractivity contribution < 1.29 is 14.3 Å². The number of piperidine rings is 1. The number of carbonyl (C=O) groups is 1. The molecule has 1 aromatic heterocycles. The first-order valence-electron chi connectivity index (χ1n) is 12.1. The van der Waals surface area contributed by atoms with Crippen molar-refractivity contribution in [3.05, 3.63) is 64.0 Å². The van der Waals surface area contributed by atoms with Gasteiger partial charge in [0.05, 0.1) is 16.5 Å². The number of amides is 2. The zero-order chi connectivity index (χ0) is 23.7. The first-order chi connectivity index (χ1) is 16.5. The fourth-order valence-electron chi connectivity index (χ4n) is 5.11. The van der Waals surface area contributed by atoms with Crippen molar-refractivity contribution in [2.45, 2.75) is 32.7 Å². The number of aromatic hydroxyl groups is 1. The molecular weight excluding hydrogens is 430 g/mol. The SMILES string of the molecule is Cc1oc2c(CN3CCN(C(=O)N4CCCCC4)CC3)c(O)ccc2c(=O)c1-c1ccccc1. The van der Waals surface area contributed by atoms with Crippen LogP contribution in [0.4, 0.5) is 4.79 Å². The number of hydrogen-bond donors (Lipinski definition) is 1. The van der Waals surface area contributed by atoms with Crippen LogP contribution in [0.15, 0.2) is 51.7 Å². The van der Waals surface area contributed by atoms with E-state index in [-0.39, 0.29) is 17.2 Å². The van der Waals surface area contributed by atoms with Crippen molar-refractivity contribution in [2.24, 2.45) is 0 Å². The maximum Gasteiger partial charge on any atom is 0.320 e. The van der Waals surface area contributed by atoms with E-state index >= 15 is 0 Å². The van der Waals surface area contributed by atoms with E-state index in [1.807, 2.05) is 40.1 Å². The first-order valence-corrected chi connectivity index (χ1v) is 12.1. The molecule has 0 aliphatic carbocycles. The fourth-order valence-corrected chi connectivity index (χ4v) is 5.11. The second-order valence-electron chi connectivity index (χ2n) is 9.26. The molecular formula is C27H31N3O4. The first kappa shape index (κ1) is 22.5. The quantitative estimate of drug-likeness (QED) is 0.633. The fraction of sp³-hybridized carbons (Fsp3) is 0.407. The van der Waals surface area contributed by atoms with Crippen molar-refractivity contribution in [1.29, 1.82) is 0 Å². The number of nitrogens with zero attached hydrogens (tertiary/aromatic N) is 3. The molecule has 2 amide bonds. The topological polar surface area (TPSA) is 77.2 Å². The molecule has 2 fully saturated rings. The number of piperazine rings is 1. The molecule has 5 rings (SSSR count). The van der Waals surface area contributed by atoms with Crippen LogP contribution >= 0.6 is 0 Å². The highest BCUT2D eigenvalue weighted by Crippen LogP contribution is 2.31. The lowest BCUT2D eigenvalue weighted by Gasteiger charge is -2.38. The minimum absolute atomic E-state index is 0.0943. The molecule has 34 heavy (non-hydrogen) atoms. The molecule has 178 valence electrons. The maximum atomic E-state index is 13.4. The van der Waals surface area contributed by atoms with Crippen molar-refractivity contribution in [1.82, 2.24) is 14.7 Å². The van der Waals surface area contributed by atoms with Gasteiger partial charge in [-0.3, -0.25) is 9.69 Å². The highest BCUT2D eigenvalue weighted by molar-refractivity contribution is 5.86. The molecule has 0 atom stereocenters. The zero-order valence-electron chi connectivity index (χ0n) is 19.6. The van der Waals surface area contributed by atoms with Crippen LogP contribution in [0.5, 0.6) is 5.75 Å². The summed E-state index contributed by atoms with van der Waals surface area (Å²) < 4.78 is 6.16. The summed E-state index contributed by atoms with van der Waals surface area (Å²) in [5.74, 6) is 0.654. The Bertz CT molecular complexity index is 1240. The smallest absolute Gasteiger partial charge is 0.320 e. The van der Waals surface area contributed by atoms with E-state index in [0.29, 0.717) is 60.6 Å². The third-order valence-corrected chi connectivity index (χ3v) is 7.03. The summed E-state index contributed by atoms with van der Waals surface area (Å²) in [6.07, 6.45) is 3.37. The van der Waals surface area contributed by atoms with Crippen LogP contribution in [0, 0.1) is 6.92 Å². The number of rotatable bonds is 3. The van der Waals surface area contributed by atoms with Gasteiger partial charge in [0.25, 0.3) is 0 Å². The summed E-state index contributed by atoms with van der Waals surface area (Å²) >= 11 is 0. The van der Waals surface area contributed by atoms with Gasteiger partial charge in [0, 0.05) is 45.8 Å². The average molecular weight is 462 g/mol. The third-order valence-electron chi connectivity index (χ3n) is 7.03.